The lowest BCUT2D eigenvalue weighted by atomic mass is 9.97. The Bertz CT molecular complexity index is 478. The molecule has 0 atom stereocenters. The first-order valence-corrected chi connectivity index (χ1v) is 7.37. The number of carbonyl (C=O) groups excluding carboxylic acids is 1. The Labute approximate surface area is 114 Å². The highest BCUT2D eigenvalue weighted by Gasteiger charge is 2.24. The van der Waals surface area contributed by atoms with Gasteiger partial charge in [-0.05, 0) is 48.4 Å². The molecule has 0 spiro atoms. The Kier molecular flexibility index (Phi) is 3.45. The number of anilines is 1. The number of rotatable bonds is 2. The maximum atomic E-state index is 12.3. The fourth-order valence-electron chi connectivity index (χ4n) is 3.38. The molecule has 0 aromatic heterocycles. The van der Waals surface area contributed by atoms with Crippen molar-refractivity contribution in [1.29, 1.82) is 0 Å². The van der Waals surface area contributed by atoms with Crippen molar-refractivity contribution >= 4 is 11.6 Å². The molecule has 1 aromatic carbocycles. The first kappa shape index (κ1) is 12.5. The molecular weight excluding hydrogens is 236 g/mol. The van der Waals surface area contributed by atoms with Crippen LogP contribution in [0.2, 0.25) is 0 Å². The van der Waals surface area contributed by atoms with Gasteiger partial charge >= 0.3 is 0 Å². The second-order valence-electron chi connectivity index (χ2n) is 5.95. The van der Waals surface area contributed by atoms with Gasteiger partial charge in [0.1, 0.15) is 0 Å². The zero-order valence-corrected chi connectivity index (χ0v) is 11.4. The van der Waals surface area contributed by atoms with Crippen molar-refractivity contribution in [2.75, 3.05) is 12.3 Å². The Balaban J connectivity index is 1.65. The van der Waals surface area contributed by atoms with Crippen LogP contribution in [0.25, 0.3) is 0 Å². The molecule has 1 fully saturated rings. The lowest BCUT2D eigenvalue weighted by Crippen LogP contribution is -2.36. The number of nitrogens with zero attached hydrogens (tertiary/aromatic N) is 1. The van der Waals surface area contributed by atoms with Gasteiger partial charge in [-0.2, -0.15) is 0 Å². The fraction of sp³-hybridized carbons (Fsp3) is 0.562. The molecule has 1 aliphatic heterocycles. The van der Waals surface area contributed by atoms with Crippen molar-refractivity contribution in [2.24, 2.45) is 5.92 Å². The van der Waals surface area contributed by atoms with Crippen LogP contribution in [0.3, 0.4) is 0 Å². The number of nitrogen functional groups attached to an aromatic ring is 1. The zero-order chi connectivity index (χ0) is 13.2. The molecule has 102 valence electrons. The highest BCUT2D eigenvalue weighted by Crippen LogP contribution is 2.29. The van der Waals surface area contributed by atoms with Crippen molar-refractivity contribution in [2.45, 2.75) is 45.1 Å². The van der Waals surface area contributed by atoms with E-state index in [9.17, 15) is 4.79 Å². The predicted molar refractivity (Wildman–Crippen MR) is 76.6 cm³/mol. The van der Waals surface area contributed by atoms with Crippen LogP contribution in [-0.2, 0) is 17.8 Å². The minimum atomic E-state index is 0.333. The van der Waals surface area contributed by atoms with Crippen molar-refractivity contribution in [3.63, 3.8) is 0 Å². The lowest BCUT2D eigenvalue weighted by molar-refractivity contribution is -0.133. The van der Waals surface area contributed by atoms with Crippen molar-refractivity contribution < 1.29 is 4.79 Å². The summed E-state index contributed by atoms with van der Waals surface area (Å²) in [5, 5.41) is 0. The van der Waals surface area contributed by atoms with Gasteiger partial charge in [-0.3, -0.25) is 4.79 Å². The zero-order valence-electron chi connectivity index (χ0n) is 11.4. The lowest BCUT2D eigenvalue weighted by Gasteiger charge is -2.30. The third-order valence-corrected chi connectivity index (χ3v) is 4.53. The summed E-state index contributed by atoms with van der Waals surface area (Å²) in [6, 6.07) is 6.07. The highest BCUT2D eigenvalue weighted by molar-refractivity contribution is 5.77. The average Bonchev–Trinajstić information content (AvgIpc) is 2.90. The molecule has 0 saturated heterocycles. The summed E-state index contributed by atoms with van der Waals surface area (Å²) in [7, 11) is 0. The summed E-state index contributed by atoms with van der Waals surface area (Å²) >= 11 is 0. The predicted octanol–water partition coefficient (Wildman–Crippen LogP) is 2.73. The van der Waals surface area contributed by atoms with Gasteiger partial charge in [0.25, 0.3) is 0 Å². The van der Waals surface area contributed by atoms with Gasteiger partial charge in [-0.25, -0.2) is 0 Å². The van der Waals surface area contributed by atoms with Crippen LogP contribution in [0.4, 0.5) is 5.69 Å². The summed E-state index contributed by atoms with van der Waals surface area (Å²) in [4.78, 5) is 14.4. The van der Waals surface area contributed by atoms with E-state index in [-0.39, 0.29) is 0 Å². The van der Waals surface area contributed by atoms with E-state index in [1.54, 1.807) is 0 Å². The third-order valence-electron chi connectivity index (χ3n) is 4.53. The molecule has 1 aliphatic carbocycles. The molecule has 1 heterocycles. The minimum Gasteiger partial charge on any atom is -0.399 e. The molecule has 2 aliphatic rings. The summed E-state index contributed by atoms with van der Waals surface area (Å²) in [5.74, 6) is 0.967. The van der Waals surface area contributed by atoms with E-state index in [4.69, 9.17) is 5.73 Å². The van der Waals surface area contributed by atoms with Crippen LogP contribution in [0.5, 0.6) is 0 Å². The van der Waals surface area contributed by atoms with Gasteiger partial charge in [0.15, 0.2) is 0 Å². The van der Waals surface area contributed by atoms with Gasteiger partial charge in [0.05, 0.1) is 0 Å². The fourth-order valence-corrected chi connectivity index (χ4v) is 3.38. The molecule has 19 heavy (non-hydrogen) atoms. The number of nitrogens with two attached hydrogens (primary N) is 1. The van der Waals surface area contributed by atoms with Crippen LogP contribution >= 0.6 is 0 Å². The van der Waals surface area contributed by atoms with E-state index in [1.807, 2.05) is 17.0 Å². The monoisotopic (exact) mass is 258 g/mol. The SMILES string of the molecule is Nc1ccc2c(c1)CN(C(=O)CC1CCCC1)CC2. The smallest absolute Gasteiger partial charge is 0.223 e. The number of hydrogen-bond acceptors (Lipinski definition) is 2. The maximum Gasteiger partial charge on any atom is 0.223 e. The Morgan fingerprint density at radius 2 is 2.05 bits per heavy atom. The van der Waals surface area contributed by atoms with E-state index in [0.29, 0.717) is 11.8 Å². The van der Waals surface area contributed by atoms with Gasteiger partial charge in [0.2, 0.25) is 5.91 Å². The topological polar surface area (TPSA) is 46.3 Å². The van der Waals surface area contributed by atoms with Crippen LogP contribution in [0.15, 0.2) is 18.2 Å². The number of benzene rings is 1. The van der Waals surface area contributed by atoms with Crippen molar-refractivity contribution in [3.05, 3.63) is 29.3 Å². The molecule has 0 unspecified atom stereocenters. The molecule has 3 heteroatoms. The summed E-state index contributed by atoms with van der Waals surface area (Å²) in [5.41, 5.74) is 9.20. The van der Waals surface area contributed by atoms with Crippen molar-refractivity contribution in [1.82, 2.24) is 4.90 Å². The van der Waals surface area contributed by atoms with Gasteiger partial charge in [-0.15, -0.1) is 0 Å². The first-order valence-electron chi connectivity index (χ1n) is 7.37. The van der Waals surface area contributed by atoms with Crippen LogP contribution in [0.1, 0.15) is 43.2 Å². The number of amides is 1. The number of hydrogen-bond donors (Lipinski definition) is 1. The molecule has 0 bridgehead atoms. The third kappa shape index (κ3) is 2.75. The standard InChI is InChI=1S/C16H22N2O/c17-15-6-5-13-7-8-18(11-14(13)10-15)16(19)9-12-3-1-2-4-12/h5-6,10,12H,1-4,7-9,11,17H2. The Hall–Kier alpha value is -1.51. The number of carbonyl (C=O) groups is 1. The van der Waals surface area contributed by atoms with E-state index in [1.165, 1.54) is 36.8 Å². The molecule has 2 N–H and O–H groups in total. The van der Waals surface area contributed by atoms with Crippen molar-refractivity contribution in [3.8, 4) is 0 Å². The maximum absolute atomic E-state index is 12.3. The average molecular weight is 258 g/mol. The molecule has 1 amide bonds. The highest BCUT2D eigenvalue weighted by atomic mass is 16.2. The van der Waals surface area contributed by atoms with Gasteiger partial charge in [0, 0.05) is 25.2 Å². The van der Waals surface area contributed by atoms with E-state index in [2.05, 4.69) is 6.07 Å². The second-order valence-corrected chi connectivity index (χ2v) is 5.95. The van der Waals surface area contributed by atoms with E-state index in [0.717, 1.165) is 31.6 Å². The summed E-state index contributed by atoms with van der Waals surface area (Å²) in [6.07, 6.45) is 6.80. The van der Waals surface area contributed by atoms with Crippen LogP contribution in [-0.4, -0.2) is 17.4 Å². The first-order chi connectivity index (χ1) is 9.22. The van der Waals surface area contributed by atoms with Gasteiger partial charge in [-0.1, -0.05) is 18.9 Å². The molecule has 0 radical (unpaired) electrons. The van der Waals surface area contributed by atoms with Crippen LogP contribution in [0, 0.1) is 5.92 Å². The Morgan fingerprint density at radius 3 is 2.84 bits per heavy atom. The molecular formula is C16H22N2O. The molecule has 1 aromatic rings. The summed E-state index contributed by atoms with van der Waals surface area (Å²) in [6.45, 7) is 1.61. The van der Waals surface area contributed by atoms with Gasteiger partial charge < -0.3 is 10.6 Å². The van der Waals surface area contributed by atoms with E-state index < -0.39 is 0 Å². The minimum absolute atomic E-state index is 0.333. The van der Waals surface area contributed by atoms with Crippen LogP contribution < -0.4 is 5.73 Å². The van der Waals surface area contributed by atoms with E-state index >= 15 is 0 Å². The normalized spacial score (nSPS) is 19.5. The quantitative estimate of drug-likeness (QED) is 0.829. The Morgan fingerprint density at radius 1 is 1.26 bits per heavy atom. The largest absolute Gasteiger partial charge is 0.399 e. The molecule has 3 nitrogen and oxygen atoms in total. The summed E-state index contributed by atoms with van der Waals surface area (Å²) < 4.78 is 0. The second kappa shape index (κ2) is 5.24. The molecule has 3 rings (SSSR count). The number of fused-ring (bicyclic) bond motifs is 1. The molecule has 1 saturated carbocycles.